The lowest BCUT2D eigenvalue weighted by molar-refractivity contribution is 0.417. The Labute approximate surface area is 132 Å². The standard InChI is InChI=1S/C20H35N/c1-7-20(5,6)18-14-12-17(13-15-18)11-9-8-10-16-21-19(2,3)4/h12-15,21H,7-11,16H2,1-6H3. The summed E-state index contributed by atoms with van der Waals surface area (Å²) in [5.74, 6) is 0. The molecule has 1 nitrogen and oxygen atoms in total. The summed E-state index contributed by atoms with van der Waals surface area (Å²) >= 11 is 0. The predicted octanol–water partition coefficient (Wildman–Crippen LogP) is 5.48. The quantitative estimate of drug-likeness (QED) is 0.625. The number of rotatable bonds is 8. The SMILES string of the molecule is CCC(C)(C)c1ccc(CCCCCNC(C)(C)C)cc1. The lowest BCUT2D eigenvalue weighted by Gasteiger charge is -2.23. The van der Waals surface area contributed by atoms with Gasteiger partial charge >= 0.3 is 0 Å². The Morgan fingerprint density at radius 1 is 0.857 bits per heavy atom. The largest absolute Gasteiger partial charge is 0.312 e. The van der Waals surface area contributed by atoms with Gasteiger partial charge in [-0.2, -0.15) is 0 Å². The van der Waals surface area contributed by atoms with E-state index >= 15 is 0 Å². The molecule has 1 N–H and O–H groups in total. The van der Waals surface area contributed by atoms with Crippen molar-refractivity contribution in [3.05, 3.63) is 35.4 Å². The molecule has 0 aromatic heterocycles. The maximum absolute atomic E-state index is 3.55. The van der Waals surface area contributed by atoms with Crippen LogP contribution in [0.5, 0.6) is 0 Å². The van der Waals surface area contributed by atoms with Crippen LogP contribution in [0.2, 0.25) is 0 Å². The van der Waals surface area contributed by atoms with Gasteiger partial charge in [0.1, 0.15) is 0 Å². The summed E-state index contributed by atoms with van der Waals surface area (Å²) in [5.41, 5.74) is 3.50. The minimum atomic E-state index is 0.252. The summed E-state index contributed by atoms with van der Waals surface area (Å²) in [5, 5.41) is 3.55. The fourth-order valence-corrected chi connectivity index (χ4v) is 2.42. The Balaban J connectivity index is 2.28. The number of nitrogens with one attached hydrogen (secondary N) is 1. The second kappa shape index (κ2) is 7.98. The maximum Gasteiger partial charge on any atom is 0.00965 e. The third-order valence-corrected chi connectivity index (χ3v) is 4.42. The smallest absolute Gasteiger partial charge is 0.00965 e. The fourth-order valence-electron chi connectivity index (χ4n) is 2.42. The molecule has 0 fully saturated rings. The molecule has 0 bridgehead atoms. The van der Waals surface area contributed by atoms with E-state index in [1.165, 1.54) is 43.2 Å². The zero-order chi connectivity index (χ0) is 15.9. The topological polar surface area (TPSA) is 12.0 Å². The van der Waals surface area contributed by atoms with Crippen LogP contribution in [0, 0.1) is 0 Å². The molecular weight excluding hydrogens is 254 g/mol. The average molecular weight is 290 g/mol. The van der Waals surface area contributed by atoms with Crippen LogP contribution in [0.3, 0.4) is 0 Å². The number of aryl methyl sites for hydroxylation is 1. The highest BCUT2D eigenvalue weighted by Crippen LogP contribution is 2.26. The summed E-state index contributed by atoms with van der Waals surface area (Å²) in [6.45, 7) is 14.7. The molecule has 0 heterocycles. The van der Waals surface area contributed by atoms with Gasteiger partial charge in [-0.25, -0.2) is 0 Å². The van der Waals surface area contributed by atoms with E-state index in [1.54, 1.807) is 0 Å². The van der Waals surface area contributed by atoms with E-state index in [2.05, 4.69) is 71.1 Å². The molecule has 0 unspecified atom stereocenters. The molecule has 0 saturated carbocycles. The second-order valence-corrected chi connectivity index (χ2v) is 7.92. The Kier molecular flexibility index (Phi) is 6.93. The van der Waals surface area contributed by atoms with E-state index in [0.717, 1.165) is 6.54 Å². The number of unbranched alkanes of at least 4 members (excludes halogenated alkanes) is 2. The van der Waals surface area contributed by atoms with Gasteiger partial charge in [-0.05, 0) is 69.5 Å². The van der Waals surface area contributed by atoms with E-state index in [1.807, 2.05) is 0 Å². The van der Waals surface area contributed by atoms with Crippen LogP contribution in [-0.4, -0.2) is 12.1 Å². The van der Waals surface area contributed by atoms with Crippen LogP contribution in [-0.2, 0) is 11.8 Å². The van der Waals surface area contributed by atoms with Crippen molar-refractivity contribution in [2.75, 3.05) is 6.54 Å². The van der Waals surface area contributed by atoms with Crippen molar-refractivity contribution in [3.8, 4) is 0 Å². The van der Waals surface area contributed by atoms with Gasteiger partial charge in [0.2, 0.25) is 0 Å². The van der Waals surface area contributed by atoms with Gasteiger partial charge in [0.25, 0.3) is 0 Å². The average Bonchev–Trinajstić information content (AvgIpc) is 2.42. The maximum atomic E-state index is 3.55. The highest BCUT2D eigenvalue weighted by molar-refractivity contribution is 5.28. The first kappa shape index (κ1) is 18.2. The van der Waals surface area contributed by atoms with Crippen molar-refractivity contribution >= 4 is 0 Å². The van der Waals surface area contributed by atoms with Gasteiger partial charge in [0, 0.05) is 5.54 Å². The van der Waals surface area contributed by atoms with E-state index in [4.69, 9.17) is 0 Å². The van der Waals surface area contributed by atoms with Gasteiger partial charge in [-0.1, -0.05) is 51.5 Å². The Morgan fingerprint density at radius 3 is 2.00 bits per heavy atom. The molecule has 0 amide bonds. The molecule has 0 aliphatic carbocycles. The van der Waals surface area contributed by atoms with Crippen molar-refractivity contribution in [2.24, 2.45) is 0 Å². The normalized spacial score (nSPS) is 12.7. The first-order valence-corrected chi connectivity index (χ1v) is 8.59. The van der Waals surface area contributed by atoms with Gasteiger partial charge in [-0.3, -0.25) is 0 Å². The minimum absolute atomic E-state index is 0.252. The first-order chi connectivity index (χ1) is 9.74. The molecular formula is C20H35N. The van der Waals surface area contributed by atoms with Crippen molar-refractivity contribution < 1.29 is 0 Å². The fraction of sp³-hybridized carbons (Fsp3) is 0.700. The van der Waals surface area contributed by atoms with Crippen molar-refractivity contribution in [3.63, 3.8) is 0 Å². The van der Waals surface area contributed by atoms with E-state index in [-0.39, 0.29) is 5.54 Å². The molecule has 0 spiro atoms. The summed E-state index contributed by atoms with van der Waals surface area (Å²) in [7, 11) is 0. The van der Waals surface area contributed by atoms with Gasteiger partial charge in [0.15, 0.2) is 0 Å². The summed E-state index contributed by atoms with van der Waals surface area (Å²) in [4.78, 5) is 0. The van der Waals surface area contributed by atoms with Crippen LogP contribution in [0.1, 0.15) is 78.4 Å². The molecule has 0 aliphatic heterocycles. The number of hydrogen-bond acceptors (Lipinski definition) is 1. The third kappa shape index (κ3) is 7.13. The van der Waals surface area contributed by atoms with Gasteiger partial charge in [0.05, 0.1) is 0 Å². The molecule has 0 atom stereocenters. The summed E-state index contributed by atoms with van der Waals surface area (Å²) < 4.78 is 0. The molecule has 0 radical (unpaired) electrons. The van der Waals surface area contributed by atoms with E-state index in [0.29, 0.717) is 5.41 Å². The van der Waals surface area contributed by atoms with Crippen LogP contribution in [0.4, 0.5) is 0 Å². The molecule has 1 aromatic carbocycles. The molecule has 120 valence electrons. The molecule has 0 saturated heterocycles. The number of hydrogen-bond donors (Lipinski definition) is 1. The summed E-state index contributed by atoms with van der Waals surface area (Å²) in [6.07, 6.45) is 6.28. The van der Waals surface area contributed by atoms with Crippen LogP contribution in [0.15, 0.2) is 24.3 Å². The highest BCUT2D eigenvalue weighted by atomic mass is 14.9. The zero-order valence-electron chi connectivity index (χ0n) is 15.1. The van der Waals surface area contributed by atoms with Crippen molar-refractivity contribution in [1.82, 2.24) is 5.32 Å². The molecule has 0 aliphatic rings. The lowest BCUT2D eigenvalue weighted by atomic mass is 9.82. The van der Waals surface area contributed by atoms with Crippen molar-refractivity contribution in [1.29, 1.82) is 0 Å². The minimum Gasteiger partial charge on any atom is -0.312 e. The predicted molar refractivity (Wildman–Crippen MR) is 95.1 cm³/mol. The first-order valence-electron chi connectivity index (χ1n) is 8.59. The lowest BCUT2D eigenvalue weighted by Crippen LogP contribution is -2.36. The number of benzene rings is 1. The Hall–Kier alpha value is -0.820. The van der Waals surface area contributed by atoms with Gasteiger partial charge in [-0.15, -0.1) is 0 Å². The highest BCUT2D eigenvalue weighted by Gasteiger charge is 2.17. The molecule has 21 heavy (non-hydrogen) atoms. The van der Waals surface area contributed by atoms with Crippen LogP contribution in [0.25, 0.3) is 0 Å². The summed E-state index contributed by atoms with van der Waals surface area (Å²) in [6, 6.07) is 9.28. The van der Waals surface area contributed by atoms with Crippen LogP contribution < -0.4 is 5.32 Å². The monoisotopic (exact) mass is 289 g/mol. The molecule has 1 heteroatoms. The zero-order valence-corrected chi connectivity index (χ0v) is 15.1. The van der Waals surface area contributed by atoms with E-state index in [9.17, 15) is 0 Å². The third-order valence-electron chi connectivity index (χ3n) is 4.42. The Morgan fingerprint density at radius 2 is 1.48 bits per heavy atom. The molecule has 1 aromatic rings. The second-order valence-electron chi connectivity index (χ2n) is 7.92. The van der Waals surface area contributed by atoms with Crippen LogP contribution >= 0.6 is 0 Å². The van der Waals surface area contributed by atoms with Gasteiger partial charge < -0.3 is 5.32 Å². The van der Waals surface area contributed by atoms with E-state index < -0.39 is 0 Å². The Bertz CT molecular complexity index is 395. The van der Waals surface area contributed by atoms with Crippen molar-refractivity contribution in [2.45, 2.75) is 84.6 Å². The molecule has 1 rings (SSSR count).